The summed E-state index contributed by atoms with van der Waals surface area (Å²) in [5, 5.41) is -0.325. The molecule has 158 valence electrons. The lowest BCUT2D eigenvalue weighted by Crippen LogP contribution is -2.16. The minimum Gasteiger partial charge on any atom is -0.435 e. The largest absolute Gasteiger partial charge is 0.435 e. The second kappa shape index (κ2) is 8.29. The van der Waals surface area contributed by atoms with Gasteiger partial charge in [-0.25, -0.2) is 13.4 Å². The summed E-state index contributed by atoms with van der Waals surface area (Å²) >= 11 is 11.8. The lowest BCUT2D eigenvalue weighted by atomic mass is 10.2. The lowest BCUT2D eigenvalue weighted by molar-refractivity contribution is -0.137. The third-order valence-electron chi connectivity index (χ3n) is 3.78. The molecule has 2 heterocycles. The van der Waals surface area contributed by atoms with Crippen LogP contribution >= 0.6 is 23.2 Å². The van der Waals surface area contributed by atoms with Crippen LogP contribution in [0.5, 0.6) is 11.6 Å². The van der Waals surface area contributed by atoms with Crippen molar-refractivity contribution in [1.29, 1.82) is 0 Å². The maximum Gasteiger partial charge on any atom is 0.416 e. The molecular formula is C18H12Cl2F3N3O3S. The highest BCUT2D eigenvalue weighted by molar-refractivity contribution is 7.92. The van der Waals surface area contributed by atoms with E-state index in [0.717, 1.165) is 6.07 Å². The number of benzene rings is 1. The van der Waals surface area contributed by atoms with Gasteiger partial charge in [0, 0.05) is 12.4 Å². The number of nitrogens with one attached hydrogen (secondary N) is 1. The monoisotopic (exact) mass is 477 g/mol. The Bertz CT molecular complexity index is 1200. The lowest BCUT2D eigenvalue weighted by Gasteiger charge is -2.15. The summed E-state index contributed by atoms with van der Waals surface area (Å²) in [4.78, 5) is 7.24. The van der Waals surface area contributed by atoms with E-state index in [1.54, 1.807) is 19.1 Å². The van der Waals surface area contributed by atoms with Gasteiger partial charge in [0.2, 0.25) is 5.88 Å². The van der Waals surface area contributed by atoms with Crippen LogP contribution in [-0.4, -0.2) is 18.4 Å². The molecule has 0 aliphatic carbocycles. The predicted octanol–water partition coefficient (Wildman–Crippen LogP) is 5.70. The maximum atomic E-state index is 13.0. The molecule has 0 radical (unpaired) electrons. The first-order chi connectivity index (χ1) is 14.0. The number of anilines is 1. The Morgan fingerprint density at radius 2 is 1.83 bits per heavy atom. The number of alkyl halides is 3. The number of nitrogens with zero attached hydrogens (tertiary/aromatic N) is 2. The zero-order chi connectivity index (χ0) is 22.1. The summed E-state index contributed by atoms with van der Waals surface area (Å²) in [5.41, 5.74) is -0.859. The average Bonchev–Trinajstić information content (AvgIpc) is 2.64. The minimum atomic E-state index is -4.75. The Balaban J connectivity index is 2.02. The van der Waals surface area contributed by atoms with E-state index in [0.29, 0.717) is 23.6 Å². The van der Waals surface area contributed by atoms with Crippen molar-refractivity contribution in [3.05, 3.63) is 70.1 Å². The normalized spacial score (nSPS) is 11.9. The van der Waals surface area contributed by atoms with Gasteiger partial charge in [-0.1, -0.05) is 23.2 Å². The molecule has 1 aromatic carbocycles. The number of sulfonamides is 1. The van der Waals surface area contributed by atoms with E-state index in [4.69, 9.17) is 27.9 Å². The molecule has 0 unspecified atom stereocenters. The molecule has 0 fully saturated rings. The molecule has 0 bridgehead atoms. The predicted molar refractivity (Wildman–Crippen MR) is 106 cm³/mol. The Morgan fingerprint density at radius 1 is 1.10 bits per heavy atom. The summed E-state index contributed by atoms with van der Waals surface area (Å²) in [6.07, 6.45) is -1.99. The van der Waals surface area contributed by atoms with Gasteiger partial charge in [-0.2, -0.15) is 13.2 Å². The number of rotatable bonds is 5. The number of ether oxygens (including phenoxy) is 1. The van der Waals surface area contributed by atoms with Crippen molar-refractivity contribution in [2.75, 3.05) is 4.72 Å². The smallest absolute Gasteiger partial charge is 0.416 e. The van der Waals surface area contributed by atoms with Crippen molar-refractivity contribution >= 4 is 38.9 Å². The number of hydrogen-bond donors (Lipinski definition) is 1. The Morgan fingerprint density at radius 3 is 2.50 bits per heavy atom. The molecule has 0 saturated heterocycles. The zero-order valence-corrected chi connectivity index (χ0v) is 17.4. The highest BCUT2D eigenvalue weighted by atomic mass is 35.5. The fraction of sp³-hybridized carbons (Fsp3) is 0.111. The molecule has 3 aromatic rings. The van der Waals surface area contributed by atoms with E-state index in [-0.39, 0.29) is 16.6 Å². The average molecular weight is 478 g/mol. The molecule has 0 spiro atoms. The topological polar surface area (TPSA) is 81.2 Å². The summed E-state index contributed by atoms with van der Waals surface area (Å²) in [5.74, 6) is 0.118. The third kappa shape index (κ3) is 4.94. The van der Waals surface area contributed by atoms with Crippen LogP contribution in [0.25, 0.3) is 0 Å². The van der Waals surface area contributed by atoms with Crippen LogP contribution in [0.2, 0.25) is 10.0 Å². The van der Waals surface area contributed by atoms with Crippen molar-refractivity contribution < 1.29 is 26.3 Å². The molecular weight excluding hydrogens is 466 g/mol. The van der Waals surface area contributed by atoms with Crippen LogP contribution in [0.4, 0.5) is 18.9 Å². The van der Waals surface area contributed by atoms with E-state index in [2.05, 4.69) is 14.7 Å². The first-order valence-electron chi connectivity index (χ1n) is 8.12. The second-order valence-electron chi connectivity index (χ2n) is 5.94. The van der Waals surface area contributed by atoms with Crippen LogP contribution < -0.4 is 9.46 Å². The standard InChI is InChI=1S/C18H12Cl2F3N3O3S/c1-10-15(3-2-6-24-10)29-17-14(8-12(19)9-25-17)26-30(27,28)16-7-11(18(21,22)23)4-5-13(16)20/h2-9,26H,1H3. The quantitative estimate of drug-likeness (QED) is 0.509. The molecule has 1 N–H and O–H groups in total. The van der Waals surface area contributed by atoms with E-state index < -0.39 is 31.7 Å². The summed E-state index contributed by atoms with van der Waals surface area (Å²) < 4.78 is 72.3. The van der Waals surface area contributed by atoms with Crippen molar-refractivity contribution in [1.82, 2.24) is 9.97 Å². The van der Waals surface area contributed by atoms with E-state index >= 15 is 0 Å². The highest BCUT2D eigenvalue weighted by Crippen LogP contribution is 2.36. The van der Waals surface area contributed by atoms with Gasteiger partial charge in [-0.15, -0.1) is 0 Å². The third-order valence-corrected chi connectivity index (χ3v) is 5.83. The number of aryl methyl sites for hydroxylation is 1. The number of pyridine rings is 2. The van der Waals surface area contributed by atoms with Crippen LogP contribution in [0, 0.1) is 6.92 Å². The van der Waals surface area contributed by atoms with Crippen molar-refractivity contribution in [3.63, 3.8) is 0 Å². The van der Waals surface area contributed by atoms with Gasteiger partial charge >= 0.3 is 6.18 Å². The molecule has 12 heteroatoms. The second-order valence-corrected chi connectivity index (χ2v) is 8.44. The molecule has 6 nitrogen and oxygen atoms in total. The van der Waals surface area contributed by atoms with Gasteiger partial charge in [0.25, 0.3) is 10.0 Å². The Labute approximate surface area is 179 Å². The van der Waals surface area contributed by atoms with Crippen molar-refractivity contribution in [2.45, 2.75) is 18.0 Å². The minimum absolute atomic E-state index is 0.0677. The molecule has 0 saturated carbocycles. The van der Waals surface area contributed by atoms with Crippen molar-refractivity contribution in [3.8, 4) is 11.6 Å². The fourth-order valence-electron chi connectivity index (χ4n) is 2.35. The van der Waals surface area contributed by atoms with Crippen LogP contribution in [0.1, 0.15) is 11.3 Å². The molecule has 0 aliphatic rings. The number of aromatic nitrogens is 2. The van der Waals surface area contributed by atoms with Gasteiger partial charge in [0.1, 0.15) is 10.6 Å². The summed E-state index contributed by atoms with van der Waals surface area (Å²) in [6.45, 7) is 1.66. The Kier molecular flexibility index (Phi) is 6.11. The molecule has 0 amide bonds. The SMILES string of the molecule is Cc1ncccc1Oc1ncc(Cl)cc1NS(=O)(=O)c1cc(C(F)(F)F)ccc1Cl. The van der Waals surface area contributed by atoms with E-state index in [1.807, 2.05) is 0 Å². The molecule has 30 heavy (non-hydrogen) atoms. The molecule has 0 atom stereocenters. The van der Waals surface area contributed by atoms with E-state index in [9.17, 15) is 21.6 Å². The molecule has 0 aliphatic heterocycles. The van der Waals surface area contributed by atoms with E-state index in [1.165, 1.54) is 18.5 Å². The highest BCUT2D eigenvalue weighted by Gasteiger charge is 2.33. The van der Waals surface area contributed by atoms with Gasteiger partial charge in [-0.3, -0.25) is 9.71 Å². The molecule has 2 aromatic heterocycles. The van der Waals surface area contributed by atoms with Gasteiger partial charge in [0.15, 0.2) is 5.75 Å². The maximum absolute atomic E-state index is 13.0. The number of hydrogen-bond acceptors (Lipinski definition) is 5. The Hall–Kier alpha value is -2.56. The fourth-order valence-corrected chi connectivity index (χ4v) is 4.08. The van der Waals surface area contributed by atoms with Gasteiger partial charge in [-0.05, 0) is 43.3 Å². The van der Waals surface area contributed by atoms with Crippen LogP contribution in [-0.2, 0) is 16.2 Å². The summed E-state index contributed by atoms with van der Waals surface area (Å²) in [7, 11) is -4.54. The van der Waals surface area contributed by atoms with Gasteiger partial charge in [0.05, 0.1) is 21.3 Å². The van der Waals surface area contributed by atoms with Crippen LogP contribution in [0.15, 0.2) is 53.7 Å². The zero-order valence-electron chi connectivity index (χ0n) is 15.0. The van der Waals surface area contributed by atoms with Crippen LogP contribution in [0.3, 0.4) is 0 Å². The first-order valence-corrected chi connectivity index (χ1v) is 10.4. The molecule has 3 rings (SSSR count). The number of halogens is 5. The van der Waals surface area contributed by atoms with Crippen molar-refractivity contribution in [2.24, 2.45) is 0 Å². The van der Waals surface area contributed by atoms with Gasteiger partial charge < -0.3 is 4.74 Å². The first kappa shape index (κ1) is 22.1. The summed E-state index contributed by atoms with van der Waals surface area (Å²) in [6, 6.07) is 6.36.